The molecule has 0 spiro atoms. The van der Waals surface area contributed by atoms with E-state index in [0.29, 0.717) is 15.7 Å². The number of amides is 1. The number of carbonyl (C=O) groups is 2. The first-order chi connectivity index (χ1) is 8.35. The number of carbonyl (C=O) groups excluding carboxylic acids is 2. The lowest BCUT2D eigenvalue weighted by atomic mass is 9.99. The quantitative estimate of drug-likeness (QED) is 0.781. The van der Waals surface area contributed by atoms with Crippen molar-refractivity contribution in [3.05, 3.63) is 22.2 Å². The molecule has 96 valence electrons. The topological polar surface area (TPSA) is 67.4 Å². The number of esters is 1. The molecule has 1 aromatic rings. The van der Waals surface area contributed by atoms with Gasteiger partial charge in [-0.15, -0.1) is 0 Å². The number of halogens is 1. The predicted molar refractivity (Wildman–Crippen MR) is 71.8 cm³/mol. The molecule has 0 aliphatic carbocycles. The molecule has 18 heavy (non-hydrogen) atoms. The zero-order valence-corrected chi connectivity index (χ0v) is 11.8. The minimum Gasteiger partial charge on any atom is -0.465 e. The van der Waals surface area contributed by atoms with Crippen molar-refractivity contribution in [3.8, 4) is 0 Å². The Labute approximate surface area is 113 Å². The fourth-order valence-corrected chi connectivity index (χ4v) is 2.22. The third kappa shape index (κ3) is 2.08. The third-order valence-electron chi connectivity index (χ3n) is 2.78. The SMILES string of the molecule is COC(=O)c1cc2c(cc1Br)NC(C)(C)C(=O)N2. The second kappa shape index (κ2) is 4.28. The van der Waals surface area contributed by atoms with Crippen molar-refractivity contribution < 1.29 is 14.3 Å². The summed E-state index contributed by atoms with van der Waals surface area (Å²) in [7, 11) is 1.31. The van der Waals surface area contributed by atoms with Crippen LogP contribution in [0, 0.1) is 0 Å². The molecule has 0 radical (unpaired) electrons. The Bertz CT molecular complexity index is 540. The summed E-state index contributed by atoms with van der Waals surface area (Å²) in [5.74, 6) is -0.600. The van der Waals surface area contributed by atoms with Gasteiger partial charge in [-0.3, -0.25) is 4.79 Å². The lowest BCUT2D eigenvalue weighted by Crippen LogP contribution is -2.47. The molecule has 0 bridgehead atoms. The van der Waals surface area contributed by atoms with E-state index in [1.807, 2.05) is 0 Å². The van der Waals surface area contributed by atoms with E-state index in [1.165, 1.54) is 7.11 Å². The molecule has 0 saturated heterocycles. The van der Waals surface area contributed by atoms with E-state index in [2.05, 4.69) is 31.3 Å². The van der Waals surface area contributed by atoms with Crippen molar-refractivity contribution in [2.75, 3.05) is 17.7 Å². The normalized spacial score (nSPS) is 16.3. The van der Waals surface area contributed by atoms with E-state index in [1.54, 1.807) is 26.0 Å². The molecule has 1 heterocycles. The third-order valence-corrected chi connectivity index (χ3v) is 3.43. The second-order valence-electron chi connectivity index (χ2n) is 4.57. The average molecular weight is 313 g/mol. The van der Waals surface area contributed by atoms with Crippen molar-refractivity contribution in [1.82, 2.24) is 0 Å². The van der Waals surface area contributed by atoms with E-state index in [-0.39, 0.29) is 5.91 Å². The van der Waals surface area contributed by atoms with Crippen LogP contribution >= 0.6 is 15.9 Å². The summed E-state index contributed by atoms with van der Waals surface area (Å²) in [6.45, 7) is 3.57. The van der Waals surface area contributed by atoms with Crippen LogP contribution < -0.4 is 10.6 Å². The highest BCUT2D eigenvalue weighted by atomic mass is 79.9. The summed E-state index contributed by atoms with van der Waals surface area (Å²) >= 11 is 3.32. The van der Waals surface area contributed by atoms with Gasteiger partial charge in [-0.05, 0) is 41.9 Å². The number of rotatable bonds is 1. The van der Waals surface area contributed by atoms with Gasteiger partial charge < -0.3 is 15.4 Å². The van der Waals surface area contributed by atoms with E-state index < -0.39 is 11.5 Å². The van der Waals surface area contributed by atoms with Crippen LogP contribution in [0.5, 0.6) is 0 Å². The highest BCUT2D eigenvalue weighted by Gasteiger charge is 2.33. The van der Waals surface area contributed by atoms with Crippen LogP contribution in [0.2, 0.25) is 0 Å². The zero-order valence-electron chi connectivity index (χ0n) is 10.3. The van der Waals surface area contributed by atoms with E-state index in [4.69, 9.17) is 0 Å². The van der Waals surface area contributed by atoms with E-state index >= 15 is 0 Å². The minimum absolute atomic E-state index is 0.145. The second-order valence-corrected chi connectivity index (χ2v) is 5.43. The number of fused-ring (bicyclic) bond motifs is 1. The summed E-state index contributed by atoms with van der Waals surface area (Å²) in [5, 5.41) is 5.88. The largest absolute Gasteiger partial charge is 0.465 e. The van der Waals surface area contributed by atoms with Gasteiger partial charge in [0.2, 0.25) is 5.91 Å². The van der Waals surface area contributed by atoms with E-state index in [9.17, 15) is 9.59 Å². The molecule has 0 fully saturated rings. The van der Waals surface area contributed by atoms with Crippen LogP contribution in [0.1, 0.15) is 24.2 Å². The van der Waals surface area contributed by atoms with Gasteiger partial charge in [0.05, 0.1) is 24.0 Å². The molecular formula is C12H13BrN2O3. The van der Waals surface area contributed by atoms with Gasteiger partial charge in [0.1, 0.15) is 5.54 Å². The molecule has 1 aliphatic heterocycles. The van der Waals surface area contributed by atoms with Crippen LogP contribution in [-0.4, -0.2) is 24.5 Å². The molecule has 6 heteroatoms. The van der Waals surface area contributed by atoms with E-state index in [0.717, 1.165) is 5.69 Å². The summed E-state index contributed by atoms with van der Waals surface area (Å²) in [4.78, 5) is 23.4. The number of ether oxygens (including phenoxy) is 1. The van der Waals surface area contributed by atoms with Gasteiger partial charge in [0.15, 0.2) is 0 Å². The Morgan fingerprint density at radius 1 is 1.33 bits per heavy atom. The number of benzene rings is 1. The molecule has 1 amide bonds. The van der Waals surface area contributed by atoms with Gasteiger partial charge >= 0.3 is 5.97 Å². The summed E-state index contributed by atoms with van der Waals surface area (Å²) in [6, 6.07) is 3.34. The lowest BCUT2D eigenvalue weighted by Gasteiger charge is -2.33. The predicted octanol–water partition coefficient (Wildman–Crippen LogP) is 2.38. The Balaban J connectivity index is 2.49. The standard InChI is InChI=1S/C12H13BrN2O3/c1-12(2)11(17)14-8-4-6(10(16)18-3)7(13)5-9(8)15-12/h4-5,15H,1-3H3,(H,14,17). The van der Waals surface area contributed by atoms with Crippen LogP contribution in [0.15, 0.2) is 16.6 Å². The maximum Gasteiger partial charge on any atom is 0.339 e. The monoisotopic (exact) mass is 312 g/mol. The number of methoxy groups -OCH3 is 1. The smallest absolute Gasteiger partial charge is 0.339 e. The number of hydrogen-bond donors (Lipinski definition) is 2. The average Bonchev–Trinajstić information content (AvgIpc) is 2.29. The minimum atomic E-state index is -0.681. The first-order valence-corrected chi connectivity index (χ1v) is 6.16. The maximum atomic E-state index is 11.8. The highest BCUT2D eigenvalue weighted by Crippen LogP contribution is 2.35. The van der Waals surface area contributed by atoms with Crippen molar-refractivity contribution in [1.29, 1.82) is 0 Å². The van der Waals surface area contributed by atoms with Crippen molar-refractivity contribution >= 4 is 39.2 Å². The van der Waals surface area contributed by atoms with Gasteiger partial charge in [-0.25, -0.2) is 4.79 Å². The Kier molecular flexibility index (Phi) is 3.06. The first kappa shape index (κ1) is 12.9. The van der Waals surface area contributed by atoms with Crippen LogP contribution in [0.4, 0.5) is 11.4 Å². The molecule has 0 atom stereocenters. The molecular weight excluding hydrogens is 300 g/mol. The number of nitrogens with one attached hydrogen (secondary N) is 2. The summed E-state index contributed by atoms with van der Waals surface area (Å²) < 4.78 is 5.29. The van der Waals surface area contributed by atoms with Gasteiger partial charge in [-0.2, -0.15) is 0 Å². The Morgan fingerprint density at radius 3 is 2.61 bits per heavy atom. The Hall–Kier alpha value is -1.56. The van der Waals surface area contributed by atoms with Crippen LogP contribution in [0.3, 0.4) is 0 Å². The van der Waals surface area contributed by atoms with Crippen molar-refractivity contribution in [3.63, 3.8) is 0 Å². The van der Waals surface area contributed by atoms with Crippen molar-refractivity contribution in [2.24, 2.45) is 0 Å². The van der Waals surface area contributed by atoms with Gasteiger partial charge in [0, 0.05) is 4.47 Å². The molecule has 2 rings (SSSR count). The molecule has 5 nitrogen and oxygen atoms in total. The van der Waals surface area contributed by atoms with Crippen LogP contribution in [0.25, 0.3) is 0 Å². The maximum absolute atomic E-state index is 11.8. The Morgan fingerprint density at radius 2 is 2.00 bits per heavy atom. The number of hydrogen-bond acceptors (Lipinski definition) is 4. The summed E-state index contributed by atoms with van der Waals surface area (Å²) in [6.07, 6.45) is 0. The van der Waals surface area contributed by atoms with Gasteiger partial charge in [-0.1, -0.05) is 0 Å². The molecule has 0 aromatic heterocycles. The van der Waals surface area contributed by atoms with Crippen LogP contribution in [-0.2, 0) is 9.53 Å². The lowest BCUT2D eigenvalue weighted by molar-refractivity contribution is -0.119. The van der Waals surface area contributed by atoms with Crippen molar-refractivity contribution in [2.45, 2.75) is 19.4 Å². The molecule has 0 unspecified atom stereocenters. The first-order valence-electron chi connectivity index (χ1n) is 5.36. The molecule has 1 aliphatic rings. The van der Waals surface area contributed by atoms with Gasteiger partial charge in [0.25, 0.3) is 0 Å². The molecule has 2 N–H and O–H groups in total. The highest BCUT2D eigenvalue weighted by molar-refractivity contribution is 9.10. The molecule has 0 saturated carbocycles. The fourth-order valence-electron chi connectivity index (χ4n) is 1.72. The molecule has 1 aromatic carbocycles. The summed E-state index contributed by atoms with van der Waals surface area (Å²) in [5.41, 5.74) is 1.03. The number of anilines is 2. The fraction of sp³-hybridized carbons (Fsp3) is 0.333. The zero-order chi connectivity index (χ0) is 13.5.